The summed E-state index contributed by atoms with van der Waals surface area (Å²) in [4.78, 5) is 0. The molecule has 21 heavy (non-hydrogen) atoms. The van der Waals surface area contributed by atoms with Gasteiger partial charge in [0.2, 0.25) is 0 Å². The van der Waals surface area contributed by atoms with E-state index in [0.717, 1.165) is 24.3 Å². The number of phenolic OH excluding ortho intramolecular Hbond substituents is 1. The van der Waals surface area contributed by atoms with Gasteiger partial charge in [0.25, 0.3) is 0 Å². The number of rotatable bonds is 4. The molecule has 2 N–H and O–H groups in total. The van der Waals surface area contributed by atoms with E-state index in [9.17, 15) is 5.11 Å². The van der Waals surface area contributed by atoms with Crippen molar-refractivity contribution in [2.45, 2.75) is 32.7 Å². The summed E-state index contributed by atoms with van der Waals surface area (Å²) < 4.78 is 5.73. The van der Waals surface area contributed by atoms with Crippen LogP contribution in [0.2, 0.25) is 0 Å². The van der Waals surface area contributed by atoms with E-state index >= 15 is 0 Å². The van der Waals surface area contributed by atoms with Crippen LogP contribution in [-0.2, 0) is 6.42 Å². The van der Waals surface area contributed by atoms with Crippen molar-refractivity contribution in [1.29, 1.82) is 0 Å². The summed E-state index contributed by atoms with van der Waals surface area (Å²) in [6.07, 6.45) is 2.04. The number of fused-ring (bicyclic) bond motifs is 1. The fraction of sp³-hybridized carbons (Fsp3) is 0.333. The third-order valence-electron chi connectivity index (χ3n) is 3.97. The molecule has 0 radical (unpaired) electrons. The Morgan fingerprint density at radius 3 is 2.90 bits per heavy atom. The van der Waals surface area contributed by atoms with Crippen LogP contribution in [0.4, 0.5) is 5.69 Å². The van der Waals surface area contributed by atoms with Gasteiger partial charge in [-0.15, -0.1) is 0 Å². The van der Waals surface area contributed by atoms with E-state index in [1.807, 2.05) is 19.1 Å². The van der Waals surface area contributed by atoms with Crippen LogP contribution >= 0.6 is 0 Å². The molecule has 0 amide bonds. The molecule has 0 bridgehead atoms. The zero-order valence-corrected chi connectivity index (χ0v) is 12.5. The Bertz CT molecular complexity index is 652. The van der Waals surface area contributed by atoms with E-state index in [1.54, 1.807) is 6.07 Å². The number of phenols is 1. The van der Waals surface area contributed by atoms with Crippen molar-refractivity contribution in [2.75, 3.05) is 11.9 Å². The van der Waals surface area contributed by atoms with Crippen LogP contribution in [0.25, 0.3) is 0 Å². The van der Waals surface area contributed by atoms with Crippen LogP contribution in [-0.4, -0.2) is 11.7 Å². The summed E-state index contributed by atoms with van der Waals surface area (Å²) >= 11 is 0. The van der Waals surface area contributed by atoms with E-state index in [2.05, 4.69) is 30.4 Å². The molecule has 3 heteroatoms. The highest BCUT2D eigenvalue weighted by Gasteiger charge is 2.23. The molecule has 0 aliphatic heterocycles. The lowest BCUT2D eigenvalue weighted by Gasteiger charge is -2.19. The summed E-state index contributed by atoms with van der Waals surface area (Å²) in [5.41, 5.74) is 4.74. The van der Waals surface area contributed by atoms with Gasteiger partial charge in [0.15, 0.2) is 0 Å². The van der Waals surface area contributed by atoms with E-state index < -0.39 is 0 Å². The van der Waals surface area contributed by atoms with Crippen LogP contribution < -0.4 is 10.1 Å². The molecule has 1 aliphatic carbocycles. The molecule has 0 heterocycles. The molecule has 2 aromatic rings. The first-order chi connectivity index (χ1) is 10.2. The molecule has 0 saturated carbocycles. The lowest BCUT2D eigenvalue weighted by Crippen LogP contribution is -2.08. The molecular formula is C18H21NO2. The van der Waals surface area contributed by atoms with Gasteiger partial charge in [0.05, 0.1) is 18.3 Å². The molecule has 0 spiro atoms. The minimum absolute atomic E-state index is 0.280. The SMILES string of the molecule is CCOc1cc(C)ccc1NC1CCc2cc(O)ccc21. The molecular weight excluding hydrogens is 262 g/mol. The number of benzene rings is 2. The highest BCUT2D eigenvalue weighted by Crippen LogP contribution is 2.37. The van der Waals surface area contributed by atoms with Crippen molar-refractivity contribution in [3.63, 3.8) is 0 Å². The highest BCUT2D eigenvalue weighted by atomic mass is 16.5. The van der Waals surface area contributed by atoms with Crippen LogP contribution in [0.3, 0.4) is 0 Å². The van der Waals surface area contributed by atoms with Gasteiger partial charge in [0, 0.05) is 0 Å². The van der Waals surface area contributed by atoms with Gasteiger partial charge in [-0.05, 0) is 67.6 Å². The van der Waals surface area contributed by atoms with Crippen molar-refractivity contribution in [3.05, 3.63) is 53.1 Å². The Morgan fingerprint density at radius 2 is 2.10 bits per heavy atom. The van der Waals surface area contributed by atoms with Gasteiger partial charge in [-0.1, -0.05) is 12.1 Å². The lowest BCUT2D eigenvalue weighted by molar-refractivity contribution is 0.341. The predicted molar refractivity (Wildman–Crippen MR) is 85.1 cm³/mol. The quantitative estimate of drug-likeness (QED) is 0.883. The monoisotopic (exact) mass is 283 g/mol. The third-order valence-corrected chi connectivity index (χ3v) is 3.97. The van der Waals surface area contributed by atoms with Crippen molar-refractivity contribution in [2.24, 2.45) is 0 Å². The Labute approximate surface area is 125 Å². The summed E-state index contributed by atoms with van der Waals surface area (Å²) in [5.74, 6) is 1.25. The van der Waals surface area contributed by atoms with Gasteiger partial charge < -0.3 is 15.2 Å². The second-order valence-corrected chi connectivity index (χ2v) is 5.55. The second kappa shape index (κ2) is 5.68. The van der Waals surface area contributed by atoms with Crippen molar-refractivity contribution < 1.29 is 9.84 Å². The fourth-order valence-electron chi connectivity index (χ4n) is 2.97. The molecule has 1 atom stereocenters. The number of aromatic hydroxyl groups is 1. The Balaban J connectivity index is 1.86. The molecule has 3 nitrogen and oxygen atoms in total. The van der Waals surface area contributed by atoms with Gasteiger partial charge in [-0.3, -0.25) is 0 Å². The maximum atomic E-state index is 9.58. The fourth-order valence-corrected chi connectivity index (χ4v) is 2.97. The average molecular weight is 283 g/mol. The summed E-state index contributed by atoms with van der Waals surface area (Å²) in [6.45, 7) is 4.73. The first-order valence-corrected chi connectivity index (χ1v) is 7.49. The predicted octanol–water partition coefficient (Wildman–Crippen LogP) is 4.20. The summed E-state index contributed by atoms with van der Waals surface area (Å²) in [7, 11) is 0. The van der Waals surface area contributed by atoms with Gasteiger partial charge in [0.1, 0.15) is 11.5 Å². The topological polar surface area (TPSA) is 41.5 Å². The molecule has 0 saturated heterocycles. The minimum Gasteiger partial charge on any atom is -0.508 e. The van der Waals surface area contributed by atoms with E-state index in [-0.39, 0.29) is 6.04 Å². The maximum Gasteiger partial charge on any atom is 0.142 e. The number of aryl methyl sites for hydroxylation is 2. The number of ether oxygens (including phenoxy) is 1. The Hall–Kier alpha value is -2.16. The number of nitrogens with one attached hydrogen (secondary N) is 1. The van der Waals surface area contributed by atoms with Crippen LogP contribution in [0.5, 0.6) is 11.5 Å². The van der Waals surface area contributed by atoms with Crippen LogP contribution in [0.15, 0.2) is 36.4 Å². The standard InChI is InChI=1S/C18H21NO2/c1-3-21-18-10-12(2)4-8-17(18)19-16-9-5-13-11-14(20)6-7-15(13)16/h4,6-8,10-11,16,19-20H,3,5,9H2,1-2H3. The highest BCUT2D eigenvalue weighted by molar-refractivity contribution is 5.59. The van der Waals surface area contributed by atoms with Crippen molar-refractivity contribution in [3.8, 4) is 11.5 Å². The first-order valence-electron chi connectivity index (χ1n) is 7.49. The van der Waals surface area contributed by atoms with Gasteiger partial charge in [-0.25, -0.2) is 0 Å². The molecule has 110 valence electrons. The average Bonchev–Trinajstić information content (AvgIpc) is 2.84. The number of hydrogen-bond donors (Lipinski definition) is 2. The van der Waals surface area contributed by atoms with E-state index in [0.29, 0.717) is 12.4 Å². The molecule has 0 aromatic heterocycles. The van der Waals surface area contributed by atoms with E-state index in [1.165, 1.54) is 16.7 Å². The zero-order chi connectivity index (χ0) is 14.8. The molecule has 2 aromatic carbocycles. The van der Waals surface area contributed by atoms with Crippen molar-refractivity contribution >= 4 is 5.69 Å². The summed E-state index contributed by atoms with van der Waals surface area (Å²) in [6, 6.07) is 12.2. The molecule has 0 fully saturated rings. The smallest absolute Gasteiger partial charge is 0.142 e. The lowest BCUT2D eigenvalue weighted by atomic mass is 10.1. The largest absolute Gasteiger partial charge is 0.508 e. The zero-order valence-electron chi connectivity index (χ0n) is 12.5. The number of anilines is 1. The van der Waals surface area contributed by atoms with E-state index in [4.69, 9.17) is 4.74 Å². The molecule has 3 rings (SSSR count). The van der Waals surface area contributed by atoms with Crippen molar-refractivity contribution in [1.82, 2.24) is 0 Å². The summed E-state index contributed by atoms with van der Waals surface area (Å²) in [5, 5.41) is 13.2. The number of hydrogen-bond acceptors (Lipinski definition) is 3. The second-order valence-electron chi connectivity index (χ2n) is 5.55. The molecule has 1 aliphatic rings. The maximum absolute atomic E-state index is 9.58. The van der Waals surface area contributed by atoms with Gasteiger partial charge >= 0.3 is 0 Å². The third kappa shape index (κ3) is 2.82. The first kappa shape index (κ1) is 13.8. The normalized spacial score (nSPS) is 16.6. The Kier molecular flexibility index (Phi) is 3.74. The van der Waals surface area contributed by atoms with Crippen LogP contribution in [0, 0.1) is 6.92 Å². The minimum atomic E-state index is 0.280. The van der Waals surface area contributed by atoms with Gasteiger partial charge in [-0.2, -0.15) is 0 Å². The van der Waals surface area contributed by atoms with Crippen LogP contribution in [0.1, 0.15) is 36.1 Å². The Morgan fingerprint density at radius 1 is 1.24 bits per heavy atom. The molecule has 1 unspecified atom stereocenters.